The topological polar surface area (TPSA) is 37.8 Å². The minimum Gasteiger partial charge on any atom is -0.366 e. The standard InChI is InChI=1S/C11H17N3/c1-3-8(2)12-11-7-9-5-4-6-10(9)13-14-11/h7-8H,3-6H2,1-2H3,(H,12,14). The molecule has 0 bridgehead atoms. The Kier molecular flexibility index (Phi) is 2.66. The lowest BCUT2D eigenvalue weighted by Crippen LogP contribution is -2.15. The number of rotatable bonds is 3. The third-order valence-corrected chi connectivity index (χ3v) is 2.83. The number of nitrogens with zero attached hydrogens (tertiary/aromatic N) is 2. The van der Waals surface area contributed by atoms with E-state index in [0.717, 1.165) is 18.7 Å². The minimum atomic E-state index is 0.476. The van der Waals surface area contributed by atoms with Gasteiger partial charge in [0.15, 0.2) is 0 Å². The monoisotopic (exact) mass is 191 g/mol. The summed E-state index contributed by atoms with van der Waals surface area (Å²) >= 11 is 0. The Balaban J connectivity index is 2.12. The summed E-state index contributed by atoms with van der Waals surface area (Å²) in [5.41, 5.74) is 2.57. The zero-order valence-electron chi connectivity index (χ0n) is 8.88. The van der Waals surface area contributed by atoms with Crippen LogP contribution in [0.5, 0.6) is 0 Å². The first-order chi connectivity index (χ1) is 6.79. The molecular weight excluding hydrogens is 174 g/mol. The fourth-order valence-corrected chi connectivity index (χ4v) is 1.75. The van der Waals surface area contributed by atoms with Crippen LogP contribution in [0.4, 0.5) is 5.82 Å². The summed E-state index contributed by atoms with van der Waals surface area (Å²) in [6.45, 7) is 4.33. The molecule has 2 rings (SSSR count). The van der Waals surface area contributed by atoms with Gasteiger partial charge >= 0.3 is 0 Å². The van der Waals surface area contributed by atoms with Crippen molar-refractivity contribution >= 4 is 5.82 Å². The third kappa shape index (κ3) is 1.86. The van der Waals surface area contributed by atoms with E-state index in [2.05, 4.69) is 35.4 Å². The molecule has 1 aliphatic carbocycles. The van der Waals surface area contributed by atoms with Crippen molar-refractivity contribution in [3.8, 4) is 0 Å². The molecule has 1 aromatic heterocycles. The molecule has 0 fully saturated rings. The lowest BCUT2D eigenvalue weighted by atomic mass is 10.2. The second-order valence-electron chi connectivity index (χ2n) is 4.01. The number of aromatic nitrogens is 2. The van der Waals surface area contributed by atoms with Crippen LogP contribution in [0.3, 0.4) is 0 Å². The van der Waals surface area contributed by atoms with E-state index >= 15 is 0 Å². The van der Waals surface area contributed by atoms with E-state index in [4.69, 9.17) is 0 Å². The number of aryl methyl sites for hydroxylation is 2. The van der Waals surface area contributed by atoms with Crippen molar-refractivity contribution in [3.05, 3.63) is 17.3 Å². The minimum absolute atomic E-state index is 0.476. The Hall–Kier alpha value is -1.12. The first kappa shape index (κ1) is 9.44. The lowest BCUT2D eigenvalue weighted by Gasteiger charge is -2.11. The van der Waals surface area contributed by atoms with E-state index in [0.29, 0.717) is 6.04 Å². The second kappa shape index (κ2) is 3.95. The SMILES string of the molecule is CCC(C)Nc1cc2c(nn1)CCC2. The fraction of sp³-hybridized carbons (Fsp3) is 0.636. The smallest absolute Gasteiger partial charge is 0.149 e. The van der Waals surface area contributed by atoms with Gasteiger partial charge in [-0.2, -0.15) is 5.10 Å². The predicted octanol–water partition coefficient (Wildman–Crippen LogP) is 2.18. The van der Waals surface area contributed by atoms with Crippen LogP contribution < -0.4 is 5.32 Å². The molecule has 1 heterocycles. The summed E-state index contributed by atoms with van der Waals surface area (Å²) < 4.78 is 0. The maximum atomic E-state index is 4.23. The number of hydrogen-bond acceptors (Lipinski definition) is 3. The van der Waals surface area contributed by atoms with Crippen molar-refractivity contribution in [2.45, 2.75) is 45.6 Å². The van der Waals surface area contributed by atoms with Crippen LogP contribution in [0, 0.1) is 0 Å². The number of nitrogens with one attached hydrogen (secondary N) is 1. The Bertz CT molecular complexity index is 322. The van der Waals surface area contributed by atoms with Crippen LogP contribution in [0.2, 0.25) is 0 Å². The van der Waals surface area contributed by atoms with Gasteiger partial charge in [0.25, 0.3) is 0 Å². The second-order valence-corrected chi connectivity index (χ2v) is 4.01. The molecule has 1 N–H and O–H groups in total. The maximum absolute atomic E-state index is 4.23. The summed E-state index contributed by atoms with van der Waals surface area (Å²) in [4.78, 5) is 0. The quantitative estimate of drug-likeness (QED) is 0.795. The van der Waals surface area contributed by atoms with Crippen molar-refractivity contribution in [1.82, 2.24) is 10.2 Å². The van der Waals surface area contributed by atoms with Gasteiger partial charge in [-0.15, -0.1) is 5.10 Å². The van der Waals surface area contributed by atoms with Crippen molar-refractivity contribution in [3.63, 3.8) is 0 Å². The van der Waals surface area contributed by atoms with Gasteiger partial charge in [0, 0.05) is 6.04 Å². The molecule has 0 spiro atoms. The normalized spacial score (nSPS) is 16.4. The van der Waals surface area contributed by atoms with Gasteiger partial charge in [-0.3, -0.25) is 0 Å². The molecule has 1 aromatic rings. The highest BCUT2D eigenvalue weighted by molar-refractivity contribution is 5.40. The molecule has 0 aromatic carbocycles. The zero-order valence-corrected chi connectivity index (χ0v) is 8.88. The molecule has 0 aliphatic heterocycles. The molecule has 0 saturated carbocycles. The van der Waals surface area contributed by atoms with E-state index < -0.39 is 0 Å². The highest BCUT2D eigenvalue weighted by atomic mass is 15.2. The first-order valence-electron chi connectivity index (χ1n) is 5.41. The summed E-state index contributed by atoms with van der Waals surface area (Å²) in [6, 6.07) is 2.63. The average molecular weight is 191 g/mol. The maximum Gasteiger partial charge on any atom is 0.149 e. The Labute approximate surface area is 84.9 Å². The molecule has 1 atom stereocenters. The lowest BCUT2D eigenvalue weighted by molar-refractivity contribution is 0.752. The van der Waals surface area contributed by atoms with Crippen molar-refractivity contribution in [1.29, 1.82) is 0 Å². The van der Waals surface area contributed by atoms with E-state index in [1.165, 1.54) is 24.1 Å². The third-order valence-electron chi connectivity index (χ3n) is 2.83. The number of anilines is 1. The van der Waals surface area contributed by atoms with Crippen LogP contribution in [0.15, 0.2) is 6.07 Å². The first-order valence-corrected chi connectivity index (χ1v) is 5.41. The summed E-state index contributed by atoms with van der Waals surface area (Å²) in [7, 11) is 0. The summed E-state index contributed by atoms with van der Waals surface area (Å²) in [5, 5.41) is 11.8. The highest BCUT2D eigenvalue weighted by Gasteiger charge is 2.13. The Morgan fingerprint density at radius 2 is 2.29 bits per heavy atom. The van der Waals surface area contributed by atoms with Gasteiger partial charge in [0.05, 0.1) is 5.69 Å². The number of fused-ring (bicyclic) bond motifs is 1. The summed E-state index contributed by atoms with van der Waals surface area (Å²) in [5.74, 6) is 0.931. The van der Waals surface area contributed by atoms with E-state index in [-0.39, 0.29) is 0 Å². The highest BCUT2D eigenvalue weighted by Crippen LogP contribution is 2.21. The number of hydrogen-bond donors (Lipinski definition) is 1. The molecule has 3 nitrogen and oxygen atoms in total. The fourth-order valence-electron chi connectivity index (χ4n) is 1.75. The molecule has 0 amide bonds. The Morgan fingerprint density at radius 3 is 3.07 bits per heavy atom. The van der Waals surface area contributed by atoms with Gasteiger partial charge in [-0.25, -0.2) is 0 Å². The van der Waals surface area contributed by atoms with Crippen molar-refractivity contribution < 1.29 is 0 Å². The molecule has 14 heavy (non-hydrogen) atoms. The van der Waals surface area contributed by atoms with Gasteiger partial charge in [-0.05, 0) is 44.2 Å². The summed E-state index contributed by atoms with van der Waals surface area (Å²) in [6.07, 6.45) is 4.61. The molecule has 1 aliphatic rings. The van der Waals surface area contributed by atoms with E-state index in [1.54, 1.807) is 0 Å². The van der Waals surface area contributed by atoms with Crippen LogP contribution in [0.25, 0.3) is 0 Å². The Morgan fingerprint density at radius 1 is 1.43 bits per heavy atom. The van der Waals surface area contributed by atoms with Crippen LogP contribution in [0.1, 0.15) is 37.9 Å². The van der Waals surface area contributed by atoms with Crippen LogP contribution in [-0.2, 0) is 12.8 Å². The van der Waals surface area contributed by atoms with Crippen LogP contribution >= 0.6 is 0 Å². The van der Waals surface area contributed by atoms with Crippen LogP contribution in [-0.4, -0.2) is 16.2 Å². The zero-order chi connectivity index (χ0) is 9.97. The van der Waals surface area contributed by atoms with Gasteiger partial charge < -0.3 is 5.32 Å². The van der Waals surface area contributed by atoms with Crippen molar-refractivity contribution in [2.24, 2.45) is 0 Å². The molecular formula is C11H17N3. The molecule has 3 heteroatoms. The molecule has 0 radical (unpaired) electrons. The molecule has 1 unspecified atom stereocenters. The molecule has 0 saturated heterocycles. The average Bonchev–Trinajstić information content (AvgIpc) is 2.64. The van der Waals surface area contributed by atoms with Gasteiger partial charge in [0.1, 0.15) is 5.82 Å². The predicted molar refractivity (Wildman–Crippen MR) is 57.4 cm³/mol. The van der Waals surface area contributed by atoms with Gasteiger partial charge in [0.2, 0.25) is 0 Å². The van der Waals surface area contributed by atoms with E-state index in [1.807, 2.05) is 0 Å². The van der Waals surface area contributed by atoms with Gasteiger partial charge in [-0.1, -0.05) is 6.92 Å². The molecule has 76 valence electrons. The van der Waals surface area contributed by atoms with Crippen molar-refractivity contribution in [2.75, 3.05) is 5.32 Å². The van der Waals surface area contributed by atoms with E-state index in [9.17, 15) is 0 Å². The largest absolute Gasteiger partial charge is 0.366 e.